The molecule has 0 fully saturated rings. The van der Waals surface area contributed by atoms with E-state index in [0.29, 0.717) is 5.56 Å². The molecule has 1 unspecified atom stereocenters. The Labute approximate surface area is 95.6 Å². The molecule has 0 spiro atoms. The van der Waals surface area contributed by atoms with Crippen molar-refractivity contribution in [3.05, 3.63) is 33.6 Å². The molecule has 0 aromatic heterocycles. The van der Waals surface area contributed by atoms with Crippen LogP contribution in [0.1, 0.15) is 18.0 Å². The molecular formula is C9H8Cl2FNO2. The first-order chi connectivity index (χ1) is 6.91. The average molecular weight is 252 g/mol. The summed E-state index contributed by atoms with van der Waals surface area (Å²) in [6.45, 7) is 0. The molecule has 0 aliphatic heterocycles. The molecule has 82 valence electrons. The van der Waals surface area contributed by atoms with Gasteiger partial charge in [-0.1, -0.05) is 23.2 Å². The molecule has 0 radical (unpaired) electrons. The second kappa shape index (κ2) is 4.79. The van der Waals surface area contributed by atoms with Gasteiger partial charge in [-0.15, -0.1) is 0 Å². The fraction of sp³-hybridized carbons (Fsp3) is 0.222. The fourth-order valence-electron chi connectivity index (χ4n) is 1.10. The van der Waals surface area contributed by atoms with Gasteiger partial charge in [0.05, 0.1) is 16.5 Å². The molecule has 0 bridgehead atoms. The molecule has 6 heteroatoms. The van der Waals surface area contributed by atoms with Gasteiger partial charge in [0.2, 0.25) is 0 Å². The maximum Gasteiger partial charge on any atom is 0.305 e. The number of nitrogens with two attached hydrogens (primary N) is 1. The van der Waals surface area contributed by atoms with Crippen LogP contribution in [-0.2, 0) is 4.79 Å². The number of benzene rings is 1. The van der Waals surface area contributed by atoms with Crippen LogP contribution >= 0.6 is 23.2 Å². The summed E-state index contributed by atoms with van der Waals surface area (Å²) in [5, 5.41) is 8.18. The predicted octanol–water partition coefficient (Wildman–Crippen LogP) is 2.61. The van der Waals surface area contributed by atoms with E-state index in [4.69, 9.17) is 34.0 Å². The fourth-order valence-corrected chi connectivity index (χ4v) is 1.60. The number of carbonyl (C=O) groups is 1. The predicted molar refractivity (Wildman–Crippen MR) is 55.6 cm³/mol. The lowest BCUT2D eigenvalue weighted by atomic mass is 10.0. The lowest BCUT2D eigenvalue weighted by molar-refractivity contribution is -0.137. The summed E-state index contributed by atoms with van der Waals surface area (Å²) in [5.74, 6) is -1.77. The Hall–Kier alpha value is -0.840. The minimum atomic E-state index is -1.04. The highest BCUT2D eigenvalue weighted by molar-refractivity contribution is 6.35. The molecule has 0 aliphatic carbocycles. The zero-order chi connectivity index (χ0) is 11.6. The van der Waals surface area contributed by atoms with Gasteiger partial charge in [-0.2, -0.15) is 0 Å². The van der Waals surface area contributed by atoms with Crippen LogP contribution < -0.4 is 5.73 Å². The van der Waals surface area contributed by atoms with Crippen molar-refractivity contribution in [1.29, 1.82) is 0 Å². The van der Waals surface area contributed by atoms with Gasteiger partial charge in [-0.05, 0) is 17.7 Å². The summed E-state index contributed by atoms with van der Waals surface area (Å²) in [6, 6.07) is 1.80. The van der Waals surface area contributed by atoms with Crippen LogP contribution in [0.5, 0.6) is 0 Å². The zero-order valence-electron chi connectivity index (χ0n) is 7.51. The molecule has 0 aliphatic rings. The number of aliphatic carboxylic acids is 1. The van der Waals surface area contributed by atoms with E-state index in [1.165, 1.54) is 12.1 Å². The summed E-state index contributed by atoms with van der Waals surface area (Å²) in [6.07, 6.45) is -0.266. The lowest BCUT2D eigenvalue weighted by Crippen LogP contribution is -2.15. The van der Waals surface area contributed by atoms with Gasteiger partial charge in [0.25, 0.3) is 0 Å². The molecule has 3 nitrogen and oxygen atoms in total. The van der Waals surface area contributed by atoms with E-state index in [0.717, 1.165) is 0 Å². The highest BCUT2D eigenvalue weighted by Gasteiger charge is 2.14. The molecule has 3 N–H and O–H groups in total. The summed E-state index contributed by atoms with van der Waals surface area (Å²) in [4.78, 5) is 10.4. The van der Waals surface area contributed by atoms with Crippen LogP contribution in [-0.4, -0.2) is 11.1 Å². The van der Waals surface area contributed by atoms with Crippen LogP contribution in [0, 0.1) is 5.82 Å². The molecule has 0 saturated carbocycles. The second-order valence-electron chi connectivity index (χ2n) is 3.00. The monoisotopic (exact) mass is 251 g/mol. The van der Waals surface area contributed by atoms with Crippen molar-refractivity contribution in [3.63, 3.8) is 0 Å². The third kappa shape index (κ3) is 3.06. The molecule has 15 heavy (non-hydrogen) atoms. The second-order valence-corrected chi connectivity index (χ2v) is 3.82. The zero-order valence-corrected chi connectivity index (χ0v) is 9.02. The Kier molecular flexibility index (Phi) is 3.90. The normalized spacial score (nSPS) is 12.5. The Morgan fingerprint density at radius 2 is 1.93 bits per heavy atom. The van der Waals surface area contributed by atoms with Crippen molar-refractivity contribution < 1.29 is 14.3 Å². The van der Waals surface area contributed by atoms with Crippen LogP contribution in [0.2, 0.25) is 10.0 Å². The van der Waals surface area contributed by atoms with E-state index in [1.54, 1.807) is 0 Å². The number of halogens is 3. The SMILES string of the molecule is NC(CC(=O)O)c1cc(Cl)c(F)c(Cl)c1. The highest BCUT2D eigenvalue weighted by atomic mass is 35.5. The molecule has 1 atom stereocenters. The smallest absolute Gasteiger partial charge is 0.305 e. The standard InChI is InChI=1S/C9H8Cl2FNO2/c10-5-1-4(2-6(11)9(5)12)7(13)3-8(14)15/h1-2,7H,3,13H2,(H,14,15). The van der Waals surface area contributed by atoms with Crippen LogP contribution in [0.3, 0.4) is 0 Å². The Balaban J connectivity index is 3.00. The van der Waals surface area contributed by atoms with Crippen molar-refractivity contribution in [2.45, 2.75) is 12.5 Å². The van der Waals surface area contributed by atoms with Gasteiger partial charge in [-0.25, -0.2) is 4.39 Å². The highest BCUT2D eigenvalue weighted by Crippen LogP contribution is 2.27. The van der Waals surface area contributed by atoms with Crippen molar-refractivity contribution in [2.24, 2.45) is 5.73 Å². The third-order valence-electron chi connectivity index (χ3n) is 1.83. The van der Waals surface area contributed by atoms with Crippen molar-refractivity contribution in [2.75, 3.05) is 0 Å². The van der Waals surface area contributed by atoms with Crippen LogP contribution in [0.25, 0.3) is 0 Å². The Morgan fingerprint density at radius 1 is 1.47 bits per heavy atom. The van der Waals surface area contributed by atoms with Gasteiger partial charge in [0.15, 0.2) is 5.82 Å². The van der Waals surface area contributed by atoms with Crippen LogP contribution in [0.4, 0.5) is 4.39 Å². The van der Waals surface area contributed by atoms with E-state index in [9.17, 15) is 9.18 Å². The van der Waals surface area contributed by atoms with Crippen molar-refractivity contribution in [1.82, 2.24) is 0 Å². The molecular weight excluding hydrogens is 244 g/mol. The number of carboxylic acids is 1. The molecule has 1 rings (SSSR count). The Bertz CT molecular complexity index is 375. The van der Waals surface area contributed by atoms with E-state index in [-0.39, 0.29) is 16.5 Å². The number of carboxylic acid groups (broad SMARTS) is 1. The number of rotatable bonds is 3. The minimum absolute atomic E-state index is 0.168. The first kappa shape index (κ1) is 12.2. The van der Waals surface area contributed by atoms with Gasteiger partial charge in [0, 0.05) is 6.04 Å². The maximum atomic E-state index is 13.0. The summed E-state index contributed by atoms with van der Waals surface area (Å²) in [7, 11) is 0. The largest absolute Gasteiger partial charge is 0.481 e. The van der Waals surface area contributed by atoms with E-state index in [1.807, 2.05) is 0 Å². The van der Waals surface area contributed by atoms with Gasteiger partial charge in [-0.3, -0.25) is 4.79 Å². The van der Waals surface area contributed by atoms with E-state index in [2.05, 4.69) is 0 Å². The minimum Gasteiger partial charge on any atom is -0.481 e. The first-order valence-electron chi connectivity index (χ1n) is 4.03. The molecule has 0 amide bonds. The quantitative estimate of drug-likeness (QED) is 0.812. The number of hydrogen-bond donors (Lipinski definition) is 2. The molecule has 0 heterocycles. The number of hydrogen-bond acceptors (Lipinski definition) is 2. The molecule has 1 aromatic carbocycles. The van der Waals surface area contributed by atoms with Crippen LogP contribution in [0.15, 0.2) is 12.1 Å². The summed E-state index contributed by atoms with van der Waals surface area (Å²) < 4.78 is 13.0. The van der Waals surface area contributed by atoms with Gasteiger partial charge in [0.1, 0.15) is 0 Å². The molecule has 1 aromatic rings. The Morgan fingerprint density at radius 3 is 2.33 bits per heavy atom. The summed E-state index contributed by atoms with van der Waals surface area (Å²) in [5.41, 5.74) is 5.96. The lowest BCUT2D eigenvalue weighted by Gasteiger charge is -2.10. The van der Waals surface area contributed by atoms with E-state index >= 15 is 0 Å². The van der Waals surface area contributed by atoms with Crippen molar-refractivity contribution >= 4 is 29.2 Å². The van der Waals surface area contributed by atoms with Gasteiger partial charge < -0.3 is 10.8 Å². The van der Waals surface area contributed by atoms with Crippen molar-refractivity contribution in [3.8, 4) is 0 Å². The summed E-state index contributed by atoms with van der Waals surface area (Å²) >= 11 is 11.1. The topological polar surface area (TPSA) is 63.3 Å². The first-order valence-corrected chi connectivity index (χ1v) is 4.79. The molecule has 0 saturated heterocycles. The average Bonchev–Trinajstić information content (AvgIpc) is 2.12. The third-order valence-corrected chi connectivity index (χ3v) is 2.38. The van der Waals surface area contributed by atoms with Gasteiger partial charge >= 0.3 is 5.97 Å². The maximum absolute atomic E-state index is 13.0. The van der Waals surface area contributed by atoms with E-state index < -0.39 is 17.8 Å².